The molecule has 1 aliphatic rings. The normalized spacial score (nSPS) is 13.9. The molecule has 1 aliphatic carbocycles. The molecule has 0 fully saturated rings. The number of rotatable bonds is 4. The quantitative estimate of drug-likeness (QED) is 0.641. The zero-order chi connectivity index (χ0) is 12.1. The minimum Gasteiger partial charge on any atom is -0.493 e. The summed E-state index contributed by atoms with van der Waals surface area (Å²) >= 11 is 0. The average molecular weight is 233 g/mol. The SMILES string of the molecule is COC(=N)CCOc1cccc2c1CCCC2. The molecule has 0 aromatic heterocycles. The Labute approximate surface area is 102 Å². The van der Waals surface area contributed by atoms with Crippen molar-refractivity contribution in [3.8, 4) is 5.75 Å². The summed E-state index contributed by atoms with van der Waals surface area (Å²) in [5.41, 5.74) is 2.79. The van der Waals surface area contributed by atoms with Gasteiger partial charge in [-0.15, -0.1) is 0 Å². The summed E-state index contributed by atoms with van der Waals surface area (Å²) in [6.45, 7) is 0.517. The smallest absolute Gasteiger partial charge is 0.183 e. The maximum absolute atomic E-state index is 7.39. The third-order valence-electron chi connectivity index (χ3n) is 3.19. The monoisotopic (exact) mass is 233 g/mol. The molecule has 0 saturated heterocycles. The van der Waals surface area contributed by atoms with Crippen LogP contribution < -0.4 is 4.74 Å². The van der Waals surface area contributed by atoms with Crippen molar-refractivity contribution in [3.63, 3.8) is 0 Å². The van der Waals surface area contributed by atoms with E-state index in [1.165, 1.54) is 37.5 Å². The van der Waals surface area contributed by atoms with Gasteiger partial charge in [-0.3, -0.25) is 5.41 Å². The fourth-order valence-corrected chi connectivity index (χ4v) is 2.24. The second-order valence-corrected chi connectivity index (χ2v) is 4.33. The van der Waals surface area contributed by atoms with Crippen LogP contribution in [-0.2, 0) is 17.6 Å². The molecular formula is C14H19NO2. The van der Waals surface area contributed by atoms with Gasteiger partial charge in [-0.05, 0) is 42.9 Å². The number of benzene rings is 1. The molecule has 0 bridgehead atoms. The van der Waals surface area contributed by atoms with Gasteiger partial charge in [0.1, 0.15) is 5.75 Å². The minimum atomic E-state index is 0.273. The third kappa shape index (κ3) is 2.99. The maximum Gasteiger partial charge on any atom is 0.183 e. The Morgan fingerprint density at radius 1 is 1.29 bits per heavy atom. The summed E-state index contributed by atoms with van der Waals surface area (Å²) in [5, 5.41) is 7.39. The van der Waals surface area contributed by atoms with Crippen LogP contribution in [0.25, 0.3) is 0 Å². The highest BCUT2D eigenvalue weighted by Crippen LogP contribution is 2.29. The second kappa shape index (κ2) is 5.71. The van der Waals surface area contributed by atoms with Gasteiger partial charge in [-0.2, -0.15) is 0 Å². The van der Waals surface area contributed by atoms with Crippen molar-refractivity contribution < 1.29 is 9.47 Å². The summed E-state index contributed by atoms with van der Waals surface area (Å²) in [6, 6.07) is 6.28. The van der Waals surface area contributed by atoms with Gasteiger partial charge in [0.15, 0.2) is 5.90 Å². The van der Waals surface area contributed by atoms with E-state index in [-0.39, 0.29) is 5.90 Å². The first kappa shape index (κ1) is 12.0. The van der Waals surface area contributed by atoms with Crippen molar-refractivity contribution in [1.29, 1.82) is 5.41 Å². The predicted octanol–water partition coefficient (Wildman–Crippen LogP) is 2.96. The van der Waals surface area contributed by atoms with E-state index in [0.29, 0.717) is 13.0 Å². The summed E-state index contributed by atoms with van der Waals surface area (Å²) in [4.78, 5) is 0. The van der Waals surface area contributed by atoms with Gasteiger partial charge in [-0.1, -0.05) is 12.1 Å². The molecule has 2 rings (SSSR count). The Kier molecular flexibility index (Phi) is 4.02. The molecule has 17 heavy (non-hydrogen) atoms. The summed E-state index contributed by atoms with van der Waals surface area (Å²) < 4.78 is 10.6. The van der Waals surface area contributed by atoms with E-state index in [4.69, 9.17) is 14.9 Å². The summed E-state index contributed by atoms with van der Waals surface area (Å²) in [7, 11) is 1.52. The fourth-order valence-electron chi connectivity index (χ4n) is 2.24. The van der Waals surface area contributed by atoms with Crippen molar-refractivity contribution in [2.24, 2.45) is 0 Å². The molecule has 0 unspecified atom stereocenters. The highest BCUT2D eigenvalue weighted by atomic mass is 16.5. The molecule has 3 heteroatoms. The first-order valence-corrected chi connectivity index (χ1v) is 6.16. The van der Waals surface area contributed by atoms with Crippen molar-refractivity contribution in [3.05, 3.63) is 29.3 Å². The van der Waals surface area contributed by atoms with E-state index < -0.39 is 0 Å². The van der Waals surface area contributed by atoms with Crippen LogP contribution in [0.15, 0.2) is 18.2 Å². The van der Waals surface area contributed by atoms with Crippen LogP contribution in [0.2, 0.25) is 0 Å². The highest BCUT2D eigenvalue weighted by Gasteiger charge is 2.13. The zero-order valence-corrected chi connectivity index (χ0v) is 10.3. The third-order valence-corrected chi connectivity index (χ3v) is 3.19. The number of aryl methyl sites for hydroxylation is 1. The predicted molar refractivity (Wildman–Crippen MR) is 67.9 cm³/mol. The van der Waals surface area contributed by atoms with Crippen molar-refractivity contribution in [2.45, 2.75) is 32.1 Å². The topological polar surface area (TPSA) is 42.3 Å². The van der Waals surface area contributed by atoms with Crippen molar-refractivity contribution >= 4 is 5.90 Å². The van der Waals surface area contributed by atoms with Crippen LogP contribution in [0.3, 0.4) is 0 Å². The number of ether oxygens (including phenoxy) is 2. The lowest BCUT2D eigenvalue weighted by molar-refractivity contribution is 0.303. The van der Waals surface area contributed by atoms with E-state index in [1.807, 2.05) is 6.07 Å². The lowest BCUT2D eigenvalue weighted by Crippen LogP contribution is -2.10. The fraction of sp³-hybridized carbons (Fsp3) is 0.500. The number of hydrogen-bond acceptors (Lipinski definition) is 3. The molecular weight excluding hydrogens is 214 g/mol. The van der Waals surface area contributed by atoms with Crippen LogP contribution in [0.4, 0.5) is 0 Å². The standard InChI is InChI=1S/C14H19NO2/c1-16-14(15)9-10-17-13-8-4-6-11-5-2-3-7-12(11)13/h4,6,8,15H,2-3,5,7,9-10H2,1H3. The molecule has 0 atom stereocenters. The molecule has 1 aromatic rings. The van der Waals surface area contributed by atoms with Gasteiger partial charge in [0, 0.05) is 0 Å². The Balaban J connectivity index is 1.98. The van der Waals surface area contributed by atoms with Gasteiger partial charge in [0.05, 0.1) is 20.1 Å². The van der Waals surface area contributed by atoms with Crippen LogP contribution in [0.5, 0.6) is 5.75 Å². The molecule has 92 valence electrons. The first-order valence-electron chi connectivity index (χ1n) is 6.16. The number of nitrogens with one attached hydrogen (secondary N) is 1. The number of methoxy groups -OCH3 is 1. The van der Waals surface area contributed by atoms with Gasteiger partial charge < -0.3 is 9.47 Å². The van der Waals surface area contributed by atoms with Gasteiger partial charge >= 0.3 is 0 Å². The van der Waals surface area contributed by atoms with Crippen molar-refractivity contribution in [1.82, 2.24) is 0 Å². The first-order chi connectivity index (χ1) is 8.31. The number of hydrogen-bond donors (Lipinski definition) is 1. The van der Waals surface area contributed by atoms with E-state index in [1.54, 1.807) is 0 Å². The van der Waals surface area contributed by atoms with Gasteiger partial charge in [-0.25, -0.2) is 0 Å². The molecule has 1 aromatic carbocycles. The van der Waals surface area contributed by atoms with Crippen LogP contribution >= 0.6 is 0 Å². The molecule has 1 N–H and O–H groups in total. The van der Waals surface area contributed by atoms with E-state index in [2.05, 4.69) is 12.1 Å². The molecule has 0 saturated carbocycles. The Morgan fingerprint density at radius 2 is 2.12 bits per heavy atom. The van der Waals surface area contributed by atoms with E-state index >= 15 is 0 Å². The minimum absolute atomic E-state index is 0.273. The Bertz CT molecular complexity index is 401. The maximum atomic E-state index is 7.39. The Hall–Kier alpha value is -1.51. The van der Waals surface area contributed by atoms with Gasteiger partial charge in [0.25, 0.3) is 0 Å². The van der Waals surface area contributed by atoms with E-state index in [0.717, 1.165) is 12.2 Å². The van der Waals surface area contributed by atoms with Crippen LogP contribution in [-0.4, -0.2) is 19.6 Å². The molecule has 0 aliphatic heterocycles. The summed E-state index contributed by atoms with van der Waals surface area (Å²) in [5.74, 6) is 1.26. The molecule has 0 amide bonds. The number of fused-ring (bicyclic) bond motifs is 1. The van der Waals surface area contributed by atoms with Gasteiger partial charge in [0.2, 0.25) is 0 Å². The highest BCUT2D eigenvalue weighted by molar-refractivity contribution is 5.72. The Morgan fingerprint density at radius 3 is 2.94 bits per heavy atom. The molecule has 0 heterocycles. The van der Waals surface area contributed by atoms with E-state index in [9.17, 15) is 0 Å². The molecule has 3 nitrogen and oxygen atoms in total. The molecule has 0 radical (unpaired) electrons. The average Bonchev–Trinajstić information content (AvgIpc) is 2.39. The zero-order valence-electron chi connectivity index (χ0n) is 10.3. The van der Waals surface area contributed by atoms with Crippen molar-refractivity contribution in [2.75, 3.05) is 13.7 Å². The molecule has 0 spiro atoms. The lowest BCUT2D eigenvalue weighted by Gasteiger charge is -2.19. The largest absolute Gasteiger partial charge is 0.493 e. The van der Waals surface area contributed by atoms with Crippen LogP contribution in [0, 0.1) is 5.41 Å². The summed E-state index contributed by atoms with van der Waals surface area (Å²) in [6.07, 6.45) is 5.35. The lowest BCUT2D eigenvalue weighted by atomic mass is 9.91. The second-order valence-electron chi connectivity index (χ2n) is 4.33. The van der Waals surface area contributed by atoms with Crippen LogP contribution in [0.1, 0.15) is 30.4 Å².